The molecule has 100 valence electrons. The molecule has 1 amide bonds. The summed E-state index contributed by atoms with van der Waals surface area (Å²) in [6.07, 6.45) is 1.38. The van der Waals surface area contributed by atoms with Crippen molar-refractivity contribution in [2.24, 2.45) is 0 Å². The minimum atomic E-state index is -3.86. The molecule has 8 heteroatoms. The Labute approximate surface area is 111 Å². The molecule has 1 aromatic heterocycles. The normalized spacial score (nSPS) is 13.1. The zero-order chi connectivity index (χ0) is 13.8. The number of nitrogens with one attached hydrogen (secondary N) is 2. The molecule has 0 fully saturated rings. The Balaban J connectivity index is 2.90. The molecule has 1 atom stereocenters. The van der Waals surface area contributed by atoms with Gasteiger partial charge in [0.1, 0.15) is 10.0 Å². The van der Waals surface area contributed by atoms with Crippen LogP contribution in [0.4, 0.5) is 0 Å². The first kappa shape index (κ1) is 14.9. The second kappa shape index (κ2) is 6.12. The predicted molar refractivity (Wildman–Crippen MR) is 67.7 cm³/mol. The zero-order valence-electron chi connectivity index (χ0n) is 9.97. The molecule has 1 rings (SSSR count). The predicted octanol–water partition coefficient (Wildman–Crippen LogP) is 0.538. The lowest BCUT2D eigenvalue weighted by molar-refractivity contribution is -0.122. The number of aromatic nitrogens is 1. The van der Waals surface area contributed by atoms with Gasteiger partial charge >= 0.3 is 0 Å². The van der Waals surface area contributed by atoms with Gasteiger partial charge in [0.2, 0.25) is 15.9 Å². The Morgan fingerprint density at radius 2 is 2.22 bits per heavy atom. The zero-order valence-corrected chi connectivity index (χ0v) is 11.5. The number of sulfonamides is 1. The van der Waals surface area contributed by atoms with Gasteiger partial charge < -0.3 is 5.32 Å². The van der Waals surface area contributed by atoms with Crippen LogP contribution in [-0.4, -0.2) is 31.9 Å². The fourth-order valence-corrected chi connectivity index (χ4v) is 2.90. The first-order valence-corrected chi connectivity index (χ1v) is 7.15. The van der Waals surface area contributed by atoms with Crippen molar-refractivity contribution in [3.63, 3.8) is 0 Å². The maximum atomic E-state index is 12.0. The van der Waals surface area contributed by atoms with Crippen molar-refractivity contribution in [3.8, 4) is 0 Å². The summed E-state index contributed by atoms with van der Waals surface area (Å²) in [5.41, 5.74) is 0. The fourth-order valence-electron chi connectivity index (χ4n) is 1.25. The number of nitrogens with zero attached hydrogens (tertiary/aromatic N) is 1. The Kier molecular flexibility index (Phi) is 5.06. The summed E-state index contributed by atoms with van der Waals surface area (Å²) < 4.78 is 26.1. The van der Waals surface area contributed by atoms with Crippen molar-refractivity contribution in [2.45, 2.75) is 24.8 Å². The van der Waals surface area contributed by atoms with Gasteiger partial charge in [-0.15, -0.1) is 0 Å². The van der Waals surface area contributed by atoms with E-state index in [0.717, 1.165) is 0 Å². The van der Waals surface area contributed by atoms with E-state index in [-0.39, 0.29) is 10.0 Å². The molecule has 0 saturated heterocycles. The van der Waals surface area contributed by atoms with Crippen LogP contribution in [0.3, 0.4) is 0 Å². The highest BCUT2D eigenvalue weighted by Gasteiger charge is 2.23. The third-order valence-electron chi connectivity index (χ3n) is 2.09. The van der Waals surface area contributed by atoms with E-state index in [1.165, 1.54) is 25.3 Å². The largest absolute Gasteiger partial charge is 0.355 e. The van der Waals surface area contributed by atoms with E-state index in [2.05, 4.69) is 15.0 Å². The molecule has 0 aliphatic heterocycles. The van der Waals surface area contributed by atoms with Crippen LogP contribution in [0.15, 0.2) is 23.2 Å². The molecule has 0 saturated carbocycles. The third kappa shape index (κ3) is 3.66. The molecule has 1 heterocycles. The highest BCUT2D eigenvalue weighted by Crippen LogP contribution is 2.17. The van der Waals surface area contributed by atoms with E-state index in [1.807, 2.05) is 0 Å². The molecule has 0 spiro atoms. The van der Waals surface area contributed by atoms with E-state index < -0.39 is 22.0 Å². The lowest BCUT2D eigenvalue weighted by Crippen LogP contribution is -2.44. The number of amides is 1. The Bertz CT molecular complexity index is 533. The Morgan fingerprint density at radius 3 is 2.78 bits per heavy atom. The van der Waals surface area contributed by atoms with Crippen LogP contribution in [0, 0.1) is 0 Å². The monoisotopic (exact) mass is 291 g/mol. The summed E-state index contributed by atoms with van der Waals surface area (Å²) in [6, 6.07) is 1.89. The van der Waals surface area contributed by atoms with Gasteiger partial charge in [-0.1, -0.05) is 11.6 Å². The number of rotatable bonds is 5. The standard InChI is InChI=1S/C10H14ClN3O3S/c1-3-12-10(15)7(2)14-18(16,17)8-5-4-6-13-9(8)11/h4-7,14H,3H2,1-2H3,(H,12,15). The summed E-state index contributed by atoms with van der Waals surface area (Å²) in [4.78, 5) is 15.0. The maximum absolute atomic E-state index is 12.0. The molecule has 1 unspecified atom stereocenters. The average molecular weight is 292 g/mol. The van der Waals surface area contributed by atoms with Gasteiger partial charge in [0.05, 0.1) is 6.04 Å². The smallest absolute Gasteiger partial charge is 0.244 e. The molecule has 0 aliphatic rings. The van der Waals surface area contributed by atoms with Crippen molar-refractivity contribution >= 4 is 27.5 Å². The molecule has 1 aromatic rings. The Morgan fingerprint density at radius 1 is 1.56 bits per heavy atom. The van der Waals surface area contributed by atoms with Crippen molar-refractivity contribution in [3.05, 3.63) is 23.5 Å². The number of likely N-dealkylation sites (N-methyl/N-ethyl adjacent to an activating group) is 1. The molecule has 2 N–H and O–H groups in total. The quantitative estimate of drug-likeness (QED) is 0.775. The molecule has 6 nitrogen and oxygen atoms in total. The number of carbonyl (C=O) groups is 1. The Hall–Kier alpha value is -1.18. The van der Waals surface area contributed by atoms with Crippen LogP contribution in [0.5, 0.6) is 0 Å². The first-order chi connectivity index (χ1) is 8.38. The summed E-state index contributed by atoms with van der Waals surface area (Å²) >= 11 is 5.70. The van der Waals surface area contributed by atoms with E-state index in [4.69, 9.17) is 11.6 Å². The van der Waals surface area contributed by atoms with Crippen LogP contribution in [0.2, 0.25) is 5.15 Å². The summed E-state index contributed by atoms with van der Waals surface area (Å²) in [7, 11) is -3.86. The van der Waals surface area contributed by atoms with Gasteiger partial charge in [-0.2, -0.15) is 4.72 Å². The maximum Gasteiger partial charge on any atom is 0.244 e. The minimum absolute atomic E-state index is 0.131. The molecule has 0 aromatic carbocycles. The van der Waals surface area contributed by atoms with E-state index in [1.54, 1.807) is 6.92 Å². The van der Waals surface area contributed by atoms with Crippen molar-refractivity contribution in [2.75, 3.05) is 6.54 Å². The van der Waals surface area contributed by atoms with Crippen LogP contribution in [-0.2, 0) is 14.8 Å². The highest BCUT2D eigenvalue weighted by atomic mass is 35.5. The van der Waals surface area contributed by atoms with Crippen molar-refractivity contribution < 1.29 is 13.2 Å². The van der Waals surface area contributed by atoms with Gasteiger partial charge in [-0.25, -0.2) is 13.4 Å². The first-order valence-electron chi connectivity index (χ1n) is 5.29. The lowest BCUT2D eigenvalue weighted by atomic mass is 10.3. The topological polar surface area (TPSA) is 88.2 Å². The van der Waals surface area contributed by atoms with Crippen LogP contribution >= 0.6 is 11.6 Å². The molecule has 18 heavy (non-hydrogen) atoms. The van der Waals surface area contributed by atoms with Crippen LogP contribution < -0.4 is 10.0 Å². The second-order valence-electron chi connectivity index (χ2n) is 3.53. The SMILES string of the molecule is CCNC(=O)C(C)NS(=O)(=O)c1cccnc1Cl. The lowest BCUT2D eigenvalue weighted by Gasteiger charge is -2.13. The van der Waals surface area contributed by atoms with Crippen LogP contribution in [0.1, 0.15) is 13.8 Å². The van der Waals surface area contributed by atoms with Crippen LogP contribution in [0.25, 0.3) is 0 Å². The van der Waals surface area contributed by atoms with Gasteiger partial charge in [0, 0.05) is 12.7 Å². The molecular formula is C10H14ClN3O3S. The second-order valence-corrected chi connectivity index (χ2v) is 5.57. The summed E-state index contributed by atoms with van der Waals surface area (Å²) in [5, 5.41) is 2.39. The number of hydrogen-bond donors (Lipinski definition) is 2. The summed E-state index contributed by atoms with van der Waals surface area (Å²) in [5.74, 6) is -0.402. The molecular weight excluding hydrogens is 278 g/mol. The van der Waals surface area contributed by atoms with Gasteiger partial charge in [0.15, 0.2) is 0 Å². The van der Waals surface area contributed by atoms with Gasteiger partial charge in [-0.05, 0) is 26.0 Å². The minimum Gasteiger partial charge on any atom is -0.355 e. The third-order valence-corrected chi connectivity index (χ3v) is 4.08. The summed E-state index contributed by atoms with van der Waals surface area (Å²) in [6.45, 7) is 3.63. The fraction of sp³-hybridized carbons (Fsp3) is 0.400. The van der Waals surface area contributed by atoms with Gasteiger partial charge in [0.25, 0.3) is 0 Å². The number of hydrogen-bond acceptors (Lipinski definition) is 4. The molecule has 0 bridgehead atoms. The highest BCUT2D eigenvalue weighted by molar-refractivity contribution is 7.89. The van der Waals surface area contributed by atoms with E-state index in [9.17, 15) is 13.2 Å². The molecule has 0 aliphatic carbocycles. The van der Waals surface area contributed by atoms with Crippen molar-refractivity contribution in [1.82, 2.24) is 15.0 Å². The number of carbonyl (C=O) groups excluding carboxylic acids is 1. The van der Waals surface area contributed by atoms with Crippen molar-refractivity contribution in [1.29, 1.82) is 0 Å². The number of halogens is 1. The van der Waals surface area contributed by atoms with E-state index >= 15 is 0 Å². The van der Waals surface area contributed by atoms with Gasteiger partial charge in [-0.3, -0.25) is 4.79 Å². The average Bonchev–Trinajstić information content (AvgIpc) is 2.29. The van der Waals surface area contributed by atoms with E-state index in [0.29, 0.717) is 6.54 Å². The molecule has 0 radical (unpaired) electrons. The number of pyridine rings is 1.